The Bertz CT molecular complexity index is 742. The fourth-order valence-corrected chi connectivity index (χ4v) is 3.15. The van der Waals surface area contributed by atoms with Gasteiger partial charge in [0.05, 0.1) is 17.8 Å². The van der Waals surface area contributed by atoms with E-state index in [1.807, 2.05) is 18.4 Å². The molecule has 3 N–H and O–H groups in total. The van der Waals surface area contributed by atoms with Gasteiger partial charge in [-0.15, -0.1) is 0 Å². The van der Waals surface area contributed by atoms with E-state index in [1.165, 1.54) is 11.1 Å². The zero-order valence-corrected chi connectivity index (χ0v) is 17.0. The van der Waals surface area contributed by atoms with Crippen LogP contribution in [0.5, 0.6) is 0 Å². The highest BCUT2D eigenvalue weighted by atomic mass is 16.4. The predicted octanol–water partition coefficient (Wildman–Crippen LogP) is 3.48. The molecule has 2 aliphatic rings. The van der Waals surface area contributed by atoms with Crippen LogP contribution in [0.1, 0.15) is 46.0 Å². The second-order valence-electron chi connectivity index (χ2n) is 7.35. The molecule has 0 aromatic rings. The third-order valence-electron chi connectivity index (χ3n) is 4.85. The Morgan fingerprint density at radius 3 is 2.71 bits per heavy atom. The van der Waals surface area contributed by atoms with Gasteiger partial charge in [0.25, 0.3) is 0 Å². The number of hydrogen-bond acceptors (Lipinski definition) is 5. The van der Waals surface area contributed by atoms with Crippen molar-refractivity contribution in [2.24, 2.45) is 15.7 Å². The van der Waals surface area contributed by atoms with Crippen LogP contribution in [0.3, 0.4) is 0 Å². The summed E-state index contributed by atoms with van der Waals surface area (Å²) in [6, 6.07) is 0. The summed E-state index contributed by atoms with van der Waals surface area (Å²) in [5.74, 6) is -0.830. The van der Waals surface area contributed by atoms with Gasteiger partial charge in [0, 0.05) is 25.5 Å². The molecule has 2 aliphatic heterocycles. The van der Waals surface area contributed by atoms with Crippen LogP contribution in [-0.2, 0) is 4.79 Å². The fourth-order valence-electron chi connectivity index (χ4n) is 3.15. The highest BCUT2D eigenvalue weighted by Gasteiger charge is 2.18. The van der Waals surface area contributed by atoms with E-state index in [0.29, 0.717) is 26.1 Å². The van der Waals surface area contributed by atoms with Crippen LogP contribution in [0.2, 0.25) is 0 Å². The first-order valence-electron chi connectivity index (χ1n) is 9.94. The van der Waals surface area contributed by atoms with Crippen LogP contribution < -0.4 is 5.73 Å². The van der Waals surface area contributed by atoms with E-state index in [9.17, 15) is 9.90 Å². The van der Waals surface area contributed by atoms with Gasteiger partial charge in [0.15, 0.2) is 0 Å². The molecule has 0 aromatic carbocycles. The Balaban J connectivity index is 2.18. The molecule has 2 heterocycles. The van der Waals surface area contributed by atoms with Crippen molar-refractivity contribution >= 4 is 17.4 Å². The Morgan fingerprint density at radius 1 is 1.18 bits per heavy atom. The first-order chi connectivity index (χ1) is 13.5. The highest BCUT2D eigenvalue weighted by molar-refractivity contribution is 6.06. The van der Waals surface area contributed by atoms with Crippen LogP contribution in [0.15, 0.2) is 57.3 Å². The molecule has 0 radical (unpaired) electrons. The maximum absolute atomic E-state index is 11.3. The zero-order valence-electron chi connectivity index (χ0n) is 17.0. The maximum Gasteiger partial charge on any atom is 0.307 e. The van der Waals surface area contributed by atoms with Crippen molar-refractivity contribution in [3.63, 3.8) is 0 Å². The van der Waals surface area contributed by atoms with Gasteiger partial charge in [-0.2, -0.15) is 0 Å². The molecule has 0 saturated carbocycles. The number of carbonyl (C=O) groups is 1. The summed E-state index contributed by atoms with van der Waals surface area (Å²) >= 11 is 0. The second kappa shape index (κ2) is 11.5. The smallest absolute Gasteiger partial charge is 0.307 e. The quantitative estimate of drug-likeness (QED) is 0.564. The highest BCUT2D eigenvalue weighted by Crippen LogP contribution is 2.15. The molecule has 0 amide bonds. The minimum absolute atomic E-state index is 0.00103. The summed E-state index contributed by atoms with van der Waals surface area (Å²) in [6.45, 7) is 7.04. The second-order valence-corrected chi connectivity index (χ2v) is 7.35. The molecule has 0 aromatic heterocycles. The molecule has 0 unspecified atom stereocenters. The van der Waals surface area contributed by atoms with Crippen LogP contribution in [-0.4, -0.2) is 53.6 Å². The molecule has 6 heteroatoms. The topological polar surface area (TPSA) is 91.3 Å². The Hall–Kier alpha value is -2.31. The summed E-state index contributed by atoms with van der Waals surface area (Å²) < 4.78 is 0. The number of hydrogen-bond donors (Lipinski definition) is 2. The monoisotopic (exact) mass is 384 g/mol. The van der Waals surface area contributed by atoms with Crippen LogP contribution in [0.25, 0.3) is 0 Å². The van der Waals surface area contributed by atoms with Gasteiger partial charge < -0.3 is 10.8 Å². The minimum Gasteiger partial charge on any atom is -0.481 e. The lowest BCUT2D eigenvalue weighted by atomic mass is 10.0. The van der Waals surface area contributed by atoms with E-state index in [0.717, 1.165) is 42.8 Å². The number of nitrogens with two attached hydrogens (primary N) is 1. The molecule has 0 spiro atoms. The number of rotatable bonds is 10. The van der Waals surface area contributed by atoms with Gasteiger partial charge in [0.2, 0.25) is 0 Å². The van der Waals surface area contributed by atoms with Crippen molar-refractivity contribution < 1.29 is 9.90 Å². The van der Waals surface area contributed by atoms with Gasteiger partial charge in [-0.25, -0.2) is 0 Å². The number of aliphatic carboxylic acids is 1. The van der Waals surface area contributed by atoms with Crippen LogP contribution in [0.4, 0.5) is 0 Å². The lowest BCUT2D eigenvalue weighted by Crippen LogP contribution is -2.36. The molecular weight excluding hydrogens is 352 g/mol. The van der Waals surface area contributed by atoms with E-state index >= 15 is 0 Å². The van der Waals surface area contributed by atoms with Crippen LogP contribution in [0, 0.1) is 0 Å². The van der Waals surface area contributed by atoms with Crippen molar-refractivity contribution in [3.8, 4) is 0 Å². The average molecular weight is 385 g/mol. The lowest BCUT2D eigenvalue weighted by molar-refractivity contribution is -0.136. The summed E-state index contributed by atoms with van der Waals surface area (Å²) in [5, 5.41) is 9.26. The maximum atomic E-state index is 11.3. The van der Waals surface area contributed by atoms with Gasteiger partial charge >= 0.3 is 5.97 Å². The lowest BCUT2D eigenvalue weighted by Gasteiger charge is -2.24. The van der Waals surface area contributed by atoms with Crippen molar-refractivity contribution in [1.82, 2.24) is 4.90 Å². The molecule has 0 fully saturated rings. The molecule has 6 nitrogen and oxygen atoms in total. The normalized spacial score (nSPS) is 17.2. The predicted molar refractivity (Wildman–Crippen MR) is 116 cm³/mol. The third-order valence-corrected chi connectivity index (χ3v) is 4.85. The molecule has 0 bridgehead atoms. The number of unbranched alkanes of at least 4 members (excludes halogenated alkanes) is 1. The molecular formula is C22H32N4O2. The molecule has 0 saturated heterocycles. The number of aliphatic imine (C=N–C) groups is 2. The molecule has 152 valence electrons. The number of allylic oxidation sites excluding steroid dienone is 4. The molecule has 28 heavy (non-hydrogen) atoms. The van der Waals surface area contributed by atoms with E-state index < -0.39 is 5.97 Å². The number of carboxylic acid groups (broad SMARTS) is 1. The Morgan fingerprint density at radius 2 is 1.96 bits per heavy atom. The van der Waals surface area contributed by atoms with Gasteiger partial charge in [-0.3, -0.25) is 19.7 Å². The molecule has 0 atom stereocenters. The largest absolute Gasteiger partial charge is 0.481 e. The third kappa shape index (κ3) is 7.37. The van der Waals surface area contributed by atoms with Gasteiger partial charge in [-0.05, 0) is 63.8 Å². The first-order valence-corrected chi connectivity index (χ1v) is 9.94. The van der Waals surface area contributed by atoms with E-state index in [2.05, 4.69) is 34.8 Å². The standard InChI is InChI=1S/C22H32N4O2/c1-17-8-9-18(2)20(25-14-17)15-26(12-6-4-10-23)16-21-19(13-22(27)28)7-3-5-11-24-21/h5,7,9,11,14H,3-4,6,8,10,12-13,15-16,23H2,1-2H3,(H,27,28). The summed E-state index contributed by atoms with van der Waals surface area (Å²) in [5.41, 5.74) is 10.8. The molecule has 0 aliphatic carbocycles. The van der Waals surface area contributed by atoms with E-state index in [-0.39, 0.29) is 6.42 Å². The van der Waals surface area contributed by atoms with Gasteiger partial charge in [-0.1, -0.05) is 23.8 Å². The fraction of sp³-hybridized carbons (Fsp3) is 0.500. The van der Waals surface area contributed by atoms with Crippen molar-refractivity contribution in [3.05, 3.63) is 47.3 Å². The summed E-state index contributed by atoms with van der Waals surface area (Å²) in [4.78, 5) is 22.8. The first kappa shape index (κ1) is 22.0. The van der Waals surface area contributed by atoms with Crippen molar-refractivity contribution in [2.45, 2.75) is 46.0 Å². The zero-order chi connectivity index (χ0) is 20.4. The van der Waals surface area contributed by atoms with Gasteiger partial charge in [0.1, 0.15) is 0 Å². The number of nitrogens with zero attached hydrogens (tertiary/aromatic N) is 3. The number of carboxylic acids is 1. The van der Waals surface area contributed by atoms with Crippen molar-refractivity contribution in [1.29, 1.82) is 0 Å². The SMILES string of the molecule is CC1=CN=C(CN(CCCCN)CC2=NC=CCC=C2CC(=O)O)C(C)=CC1. The minimum atomic E-state index is -0.830. The average Bonchev–Trinajstić information content (AvgIpc) is 2.95. The van der Waals surface area contributed by atoms with Crippen molar-refractivity contribution in [2.75, 3.05) is 26.2 Å². The summed E-state index contributed by atoms with van der Waals surface area (Å²) in [7, 11) is 0. The Kier molecular flexibility index (Phi) is 9.04. The summed E-state index contributed by atoms with van der Waals surface area (Å²) in [6.07, 6.45) is 13.4. The van der Waals surface area contributed by atoms with E-state index in [1.54, 1.807) is 6.20 Å². The molecule has 2 rings (SSSR count). The van der Waals surface area contributed by atoms with Crippen LogP contribution >= 0.6 is 0 Å². The Labute approximate surface area is 167 Å². The van der Waals surface area contributed by atoms with E-state index in [4.69, 9.17) is 5.73 Å².